The van der Waals surface area contributed by atoms with Crippen molar-refractivity contribution in [3.63, 3.8) is 0 Å². The molecule has 0 aliphatic rings. The standard InChI is InChI=1S/C15H15Cl/c1-12(16)15(13-8-4-2-5-9-13)14-10-6-3-7-11-14/h2-12,15H,1H3/t12-/m1/s1. The Morgan fingerprint density at radius 1 is 0.750 bits per heavy atom. The van der Waals surface area contributed by atoms with E-state index in [2.05, 4.69) is 48.5 Å². The summed E-state index contributed by atoms with van der Waals surface area (Å²) in [5.41, 5.74) is 2.55. The average molecular weight is 231 g/mol. The van der Waals surface area contributed by atoms with E-state index in [0.717, 1.165) is 0 Å². The van der Waals surface area contributed by atoms with E-state index < -0.39 is 0 Å². The molecule has 0 heterocycles. The molecule has 16 heavy (non-hydrogen) atoms. The molecule has 0 saturated heterocycles. The first-order valence-electron chi connectivity index (χ1n) is 5.53. The van der Waals surface area contributed by atoms with E-state index >= 15 is 0 Å². The molecule has 82 valence electrons. The Morgan fingerprint density at radius 3 is 1.44 bits per heavy atom. The molecular weight excluding hydrogens is 216 g/mol. The summed E-state index contributed by atoms with van der Waals surface area (Å²) in [6.07, 6.45) is 0. The van der Waals surface area contributed by atoms with Gasteiger partial charge in [-0.15, -0.1) is 11.6 Å². The summed E-state index contributed by atoms with van der Waals surface area (Å²) >= 11 is 6.31. The second-order valence-corrected chi connectivity index (χ2v) is 4.66. The third-order valence-electron chi connectivity index (χ3n) is 2.78. The van der Waals surface area contributed by atoms with Crippen LogP contribution >= 0.6 is 11.6 Å². The smallest absolute Gasteiger partial charge is 0.0417 e. The molecule has 2 rings (SSSR count). The Morgan fingerprint density at radius 2 is 1.12 bits per heavy atom. The second-order valence-electron chi connectivity index (χ2n) is 3.98. The maximum absolute atomic E-state index is 6.31. The molecule has 1 heteroatoms. The Labute approximate surface area is 102 Å². The maximum Gasteiger partial charge on any atom is 0.0417 e. The third-order valence-corrected chi connectivity index (χ3v) is 3.03. The van der Waals surface area contributed by atoms with Crippen molar-refractivity contribution in [2.24, 2.45) is 0 Å². The van der Waals surface area contributed by atoms with Crippen LogP contribution in [0, 0.1) is 0 Å². The van der Waals surface area contributed by atoms with Gasteiger partial charge in [0.15, 0.2) is 0 Å². The lowest BCUT2D eigenvalue weighted by molar-refractivity contribution is 0.786. The topological polar surface area (TPSA) is 0 Å². The molecule has 0 aliphatic carbocycles. The Kier molecular flexibility index (Phi) is 3.63. The minimum atomic E-state index is 0.0878. The van der Waals surface area contributed by atoms with Crippen LogP contribution in [0.15, 0.2) is 60.7 Å². The van der Waals surface area contributed by atoms with Gasteiger partial charge in [0.05, 0.1) is 0 Å². The average Bonchev–Trinajstić information content (AvgIpc) is 2.31. The molecule has 2 aromatic rings. The fourth-order valence-corrected chi connectivity index (χ4v) is 2.33. The molecule has 0 amide bonds. The van der Waals surface area contributed by atoms with Crippen LogP contribution in [0.2, 0.25) is 0 Å². The van der Waals surface area contributed by atoms with Crippen LogP contribution in [0.25, 0.3) is 0 Å². The molecule has 0 radical (unpaired) electrons. The number of alkyl halides is 1. The van der Waals surface area contributed by atoms with Crippen LogP contribution in [0.3, 0.4) is 0 Å². The van der Waals surface area contributed by atoms with E-state index in [1.807, 2.05) is 19.1 Å². The molecule has 0 spiro atoms. The normalized spacial score (nSPS) is 12.7. The number of rotatable bonds is 3. The zero-order valence-corrected chi connectivity index (χ0v) is 10.1. The first-order chi connectivity index (χ1) is 7.79. The third kappa shape index (κ3) is 2.45. The van der Waals surface area contributed by atoms with Gasteiger partial charge in [-0.05, 0) is 18.1 Å². The number of benzene rings is 2. The van der Waals surface area contributed by atoms with Gasteiger partial charge in [0, 0.05) is 11.3 Å². The highest BCUT2D eigenvalue weighted by molar-refractivity contribution is 6.21. The maximum atomic E-state index is 6.31. The summed E-state index contributed by atoms with van der Waals surface area (Å²) in [7, 11) is 0. The quantitative estimate of drug-likeness (QED) is 0.684. The summed E-state index contributed by atoms with van der Waals surface area (Å²) in [5, 5.41) is 0.0878. The van der Waals surface area contributed by atoms with Crippen molar-refractivity contribution in [2.75, 3.05) is 0 Å². The number of hydrogen-bond donors (Lipinski definition) is 0. The van der Waals surface area contributed by atoms with E-state index in [-0.39, 0.29) is 11.3 Å². The first-order valence-corrected chi connectivity index (χ1v) is 5.96. The van der Waals surface area contributed by atoms with E-state index in [1.165, 1.54) is 11.1 Å². The van der Waals surface area contributed by atoms with Gasteiger partial charge in [0.1, 0.15) is 0 Å². The second kappa shape index (κ2) is 5.18. The van der Waals surface area contributed by atoms with Crippen LogP contribution in [-0.4, -0.2) is 5.38 Å². The highest BCUT2D eigenvalue weighted by Crippen LogP contribution is 2.30. The zero-order valence-electron chi connectivity index (χ0n) is 9.31. The number of halogens is 1. The van der Waals surface area contributed by atoms with E-state index in [9.17, 15) is 0 Å². The molecule has 0 nitrogen and oxygen atoms in total. The minimum absolute atomic E-state index is 0.0878. The van der Waals surface area contributed by atoms with Gasteiger partial charge >= 0.3 is 0 Å². The van der Waals surface area contributed by atoms with Gasteiger partial charge in [-0.2, -0.15) is 0 Å². The lowest BCUT2D eigenvalue weighted by Crippen LogP contribution is -2.10. The lowest BCUT2D eigenvalue weighted by Gasteiger charge is -2.20. The molecule has 0 aromatic heterocycles. The first kappa shape index (κ1) is 11.2. The minimum Gasteiger partial charge on any atom is -0.122 e. The van der Waals surface area contributed by atoms with E-state index in [4.69, 9.17) is 11.6 Å². The SMILES string of the molecule is C[C@@H](Cl)C(c1ccccc1)c1ccccc1. The van der Waals surface area contributed by atoms with Crippen LogP contribution in [0.1, 0.15) is 24.0 Å². The molecule has 0 aliphatic heterocycles. The lowest BCUT2D eigenvalue weighted by atomic mass is 9.89. The van der Waals surface area contributed by atoms with Gasteiger partial charge in [0.25, 0.3) is 0 Å². The zero-order chi connectivity index (χ0) is 11.4. The van der Waals surface area contributed by atoms with Crippen LogP contribution in [0.5, 0.6) is 0 Å². The highest BCUT2D eigenvalue weighted by Gasteiger charge is 2.18. The molecule has 2 aromatic carbocycles. The molecule has 0 bridgehead atoms. The fraction of sp³-hybridized carbons (Fsp3) is 0.200. The molecule has 0 unspecified atom stereocenters. The van der Waals surface area contributed by atoms with Crippen molar-refractivity contribution >= 4 is 11.6 Å². The van der Waals surface area contributed by atoms with Gasteiger partial charge in [-0.1, -0.05) is 60.7 Å². The van der Waals surface area contributed by atoms with Gasteiger partial charge in [-0.25, -0.2) is 0 Å². The molecular formula is C15H15Cl. The van der Waals surface area contributed by atoms with Crippen LogP contribution in [-0.2, 0) is 0 Å². The van der Waals surface area contributed by atoms with Gasteiger partial charge in [0.2, 0.25) is 0 Å². The van der Waals surface area contributed by atoms with Crippen molar-refractivity contribution in [3.05, 3.63) is 71.8 Å². The summed E-state index contributed by atoms with van der Waals surface area (Å²) in [5.74, 6) is 0.268. The van der Waals surface area contributed by atoms with Gasteiger partial charge < -0.3 is 0 Å². The molecule has 0 N–H and O–H groups in total. The number of hydrogen-bond acceptors (Lipinski definition) is 0. The summed E-state index contributed by atoms with van der Waals surface area (Å²) in [6, 6.07) is 20.8. The predicted molar refractivity (Wildman–Crippen MR) is 70.0 cm³/mol. The van der Waals surface area contributed by atoms with Crippen LogP contribution in [0.4, 0.5) is 0 Å². The van der Waals surface area contributed by atoms with Crippen LogP contribution < -0.4 is 0 Å². The van der Waals surface area contributed by atoms with Crippen molar-refractivity contribution in [1.82, 2.24) is 0 Å². The Bertz CT molecular complexity index is 380. The van der Waals surface area contributed by atoms with Crippen molar-refractivity contribution in [3.8, 4) is 0 Å². The summed E-state index contributed by atoms with van der Waals surface area (Å²) in [6.45, 7) is 2.05. The summed E-state index contributed by atoms with van der Waals surface area (Å²) < 4.78 is 0. The van der Waals surface area contributed by atoms with E-state index in [0.29, 0.717) is 0 Å². The van der Waals surface area contributed by atoms with Crippen molar-refractivity contribution < 1.29 is 0 Å². The molecule has 0 fully saturated rings. The predicted octanol–water partition coefficient (Wildman–Crippen LogP) is 4.45. The largest absolute Gasteiger partial charge is 0.122 e. The Balaban J connectivity index is 2.40. The van der Waals surface area contributed by atoms with Crippen molar-refractivity contribution in [2.45, 2.75) is 18.2 Å². The summed E-state index contributed by atoms with van der Waals surface area (Å²) in [4.78, 5) is 0. The van der Waals surface area contributed by atoms with Gasteiger partial charge in [-0.3, -0.25) is 0 Å². The van der Waals surface area contributed by atoms with Crippen molar-refractivity contribution in [1.29, 1.82) is 0 Å². The fourth-order valence-electron chi connectivity index (χ4n) is 2.04. The molecule has 0 saturated carbocycles. The monoisotopic (exact) mass is 230 g/mol. The highest BCUT2D eigenvalue weighted by atomic mass is 35.5. The molecule has 1 atom stereocenters. The van der Waals surface area contributed by atoms with E-state index in [1.54, 1.807) is 0 Å². The Hall–Kier alpha value is -1.27.